The Morgan fingerprint density at radius 1 is 1.30 bits per heavy atom. The quantitative estimate of drug-likeness (QED) is 0.727. The molecule has 0 aliphatic carbocycles. The first-order valence-electron chi connectivity index (χ1n) is 7.73. The summed E-state index contributed by atoms with van der Waals surface area (Å²) in [5.41, 5.74) is 2.23. The van der Waals surface area contributed by atoms with E-state index in [0.717, 1.165) is 29.3 Å². The van der Waals surface area contributed by atoms with Crippen LogP contribution in [-0.4, -0.2) is 39.3 Å². The van der Waals surface area contributed by atoms with Crippen LogP contribution in [0, 0.1) is 6.92 Å². The van der Waals surface area contributed by atoms with Crippen molar-refractivity contribution in [1.29, 1.82) is 0 Å². The fourth-order valence-corrected chi connectivity index (χ4v) is 2.73. The highest BCUT2D eigenvalue weighted by atomic mass is 16.4. The Morgan fingerprint density at radius 3 is 2.61 bits per heavy atom. The molecule has 0 aliphatic heterocycles. The summed E-state index contributed by atoms with van der Waals surface area (Å²) in [5, 5.41) is 21.5. The number of aliphatic hydroxyl groups is 1. The van der Waals surface area contributed by atoms with Crippen LogP contribution in [0.5, 0.6) is 0 Å². The van der Waals surface area contributed by atoms with Gasteiger partial charge in [-0.1, -0.05) is 31.5 Å². The average Bonchev–Trinajstić information content (AvgIpc) is 2.83. The molecular formula is C17H22N2O4. The van der Waals surface area contributed by atoms with E-state index in [2.05, 4.69) is 12.2 Å². The number of carboxylic acid groups (broad SMARTS) is 1. The van der Waals surface area contributed by atoms with Gasteiger partial charge in [0, 0.05) is 17.4 Å². The summed E-state index contributed by atoms with van der Waals surface area (Å²) in [5.74, 6) is -1.73. The van der Waals surface area contributed by atoms with Crippen molar-refractivity contribution in [3.8, 4) is 0 Å². The van der Waals surface area contributed by atoms with Gasteiger partial charge in [-0.3, -0.25) is 4.79 Å². The highest BCUT2D eigenvalue weighted by molar-refractivity contribution is 6.02. The highest BCUT2D eigenvalue weighted by Gasteiger charge is 2.24. The molecule has 3 N–H and O–H groups in total. The number of carbonyl (C=O) groups is 2. The van der Waals surface area contributed by atoms with Gasteiger partial charge in [0.25, 0.3) is 5.91 Å². The second-order valence-electron chi connectivity index (χ2n) is 5.54. The zero-order chi connectivity index (χ0) is 17.0. The van der Waals surface area contributed by atoms with Crippen molar-refractivity contribution >= 4 is 22.8 Å². The van der Waals surface area contributed by atoms with Gasteiger partial charge in [-0.25, -0.2) is 4.79 Å². The number of aliphatic carboxylic acids is 1. The summed E-state index contributed by atoms with van der Waals surface area (Å²) in [6, 6.07) is 6.42. The summed E-state index contributed by atoms with van der Waals surface area (Å²) in [6.07, 6.45) is 1.90. The van der Waals surface area contributed by atoms with Crippen LogP contribution in [0.3, 0.4) is 0 Å². The molecule has 0 saturated carbocycles. The van der Waals surface area contributed by atoms with Crippen molar-refractivity contribution in [1.82, 2.24) is 9.88 Å². The number of amides is 1. The smallest absolute Gasteiger partial charge is 0.328 e. The molecule has 0 fully saturated rings. The molecule has 0 aliphatic rings. The first-order chi connectivity index (χ1) is 11.0. The van der Waals surface area contributed by atoms with Gasteiger partial charge in [0.05, 0.1) is 6.61 Å². The maximum Gasteiger partial charge on any atom is 0.328 e. The van der Waals surface area contributed by atoms with Gasteiger partial charge in [0.1, 0.15) is 5.69 Å². The average molecular weight is 318 g/mol. The zero-order valence-electron chi connectivity index (χ0n) is 13.4. The van der Waals surface area contributed by atoms with E-state index in [1.165, 1.54) is 0 Å². The molecule has 6 heteroatoms. The molecule has 0 radical (unpaired) electrons. The highest BCUT2D eigenvalue weighted by Crippen LogP contribution is 2.26. The fraction of sp³-hybridized carbons (Fsp3) is 0.412. The molecule has 1 heterocycles. The number of rotatable bonds is 7. The maximum atomic E-state index is 12.6. The predicted molar refractivity (Wildman–Crippen MR) is 87.6 cm³/mol. The maximum absolute atomic E-state index is 12.6. The molecule has 1 aromatic heterocycles. The van der Waals surface area contributed by atoms with E-state index >= 15 is 0 Å². The number of hydrogen-bond acceptors (Lipinski definition) is 3. The molecule has 1 aromatic carbocycles. The van der Waals surface area contributed by atoms with Gasteiger partial charge in [0.15, 0.2) is 6.04 Å². The summed E-state index contributed by atoms with van der Waals surface area (Å²) in [4.78, 5) is 23.6. The lowest BCUT2D eigenvalue weighted by Crippen LogP contribution is -2.44. The fourth-order valence-electron chi connectivity index (χ4n) is 2.73. The minimum atomic E-state index is -1.31. The number of aliphatic hydroxyl groups excluding tert-OH is 1. The first kappa shape index (κ1) is 17.0. The van der Waals surface area contributed by atoms with Crippen molar-refractivity contribution in [3.05, 3.63) is 35.5 Å². The van der Waals surface area contributed by atoms with Crippen LogP contribution >= 0.6 is 0 Å². The van der Waals surface area contributed by atoms with E-state index < -0.39 is 24.5 Å². The van der Waals surface area contributed by atoms with Crippen molar-refractivity contribution < 1.29 is 19.8 Å². The number of nitrogens with one attached hydrogen (secondary N) is 1. The van der Waals surface area contributed by atoms with Crippen LogP contribution in [0.1, 0.15) is 35.8 Å². The van der Waals surface area contributed by atoms with E-state index in [1.807, 2.05) is 35.8 Å². The van der Waals surface area contributed by atoms with Crippen molar-refractivity contribution in [2.45, 2.75) is 39.3 Å². The number of carboxylic acids is 1. The third-order valence-electron chi connectivity index (χ3n) is 3.96. The van der Waals surface area contributed by atoms with E-state index in [4.69, 9.17) is 10.2 Å². The zero-order valence-corrected chi connectivity index (χ0v) is 13.4. The number of aryl methyl sites for hydroxylation is 2. The Hall–Kier alpha value is -2.34. The summed E-state index contributed by atoms with van der Waals surface area (Å²) in [7, 11) is 0. The van der Waals surface area contributed by atoms with Crippen molar-refractivity contribution in [2.75, 3.05) is 6.61 Å². The Balaban J connectivity index is 2.47. The largest absolute Gasteiger partial charge is 0.480 e. The molecule has 6 nitrogen and oxygen atoms in total. The number of carbonyl (C=O) groups excluding carboxylic acids is 1. The number of hydrogen-bond donors (Lipinski definition) is 3. The summed E-state index contributed by atoms with van der Waals surface area (Å²) < 4.78 is 1.93. The number of fused-ring (bicyclic) bond motifs is 1. The minimum absolute atomic E-state index is 0.458. The standard InChI is InChI=1S/C17H22N2O4/c1-3-4-9-19-14-8-6-5-7-12(14)11(2)15(19)16(21)18-13(10-20)17(22)23/h5-8,13,20H,3-4,9-10H2,1-2H3,(H,18,21)(H,22,23). The minimum Gasteiger partial charge on any atom is -0.480 e. The first-order valence-corrected chi connectivity index (χ1v) is 7.73. The topological polar surface area (TPSA) is 91.6 Å². The van der Waals surface area contributed by atoms with Gasteiger partial charge in [0.2, 0.25) is 0 Å². The van der Waals surface area contributed by atoms with Crippen LogP contribution in [0.2, 0.25) is 0 Å². The Labute approximate surface area is 134 Å². The Bertz CT molecular complexity index is 721. The third kappa shape index (κ3) is 3.37. The van der Waals surface area contributed by atoms with E-state index in [0.29, 0.717) is 12.2 Å². The van der Waals surface area contributed by atoms with Gasteiger partial charge in [-0.15, -0.1) is 0 Å². The third-order valence-corrected chi connectivity index (χ3v) is 3.96. The second-order valence-corrected chi connectivity index (χ2v) is 5.54. The number of nitrogens with zero attached hydrogens (tertiary/aromatic N) is 1. The molecule has 1 atom stereocenters. The molecule has 124 valence electrons. The van der Waals surface area contributed by atoms with Gasteiger partial charge in [-0.05, 0) is 25.0 Å². The molecule has 23 heavy (non-hydrogen) atoms. The van der Waals surface area contributed by atoms with E-state index in [-0.39, 0.29) is 0 Å². The summed E-state index contributed by atoms with van der Waals surface area (Å²) >= 11 is 0. The number of para-hydroxylation sites is 1. The number of unbranched alkanes of at least 4 members (excludes halogenated alkanes) is 1. The monoisotopic (exact) mass is 318 g/mol. The van der Waals surface area contributed by atoms with Crippen molar-refractivity contribution in [2.24, 2.45) is 0 Å². The van der Waals surface area contributed by atoms with Crippen LogP contribution in [0.15, 0.2) is 24.3 Å². The van der Waals surface area contributed by atoms with Crippen molar-refractivity contribution in [3.63, 3.8) is 0 Å². The normalized spacial score (nSPS) is 12.3. The van der Waals surface area contributed by atoms with Crippen LogP contribution in [0.4, 0.5) is 0 Å². The molecule has 1 amide bonds. The van der Waals surface area contributed by atoms with Gasteiger partial charge >= 0.3 is 5.97 Å². The number of benzene rings is 1. The van der Waals surface area contributed by atoms with Gasteiger partial charge in [-0.2, -0.15) is 0 Å². The molecule has 0 saturated heterocycles. The molecular weight excluding hydrogens is 296 g/mol. The lowest BCUT2D eigenvalue weighted by Gasteiger charge is -2.14. The molecule has 0 bridgehead atoms. The second kappa shape index (κ2) is 7.28. The van der Waals surface area contributed by atoms with Gasteiger partial charge < -0.3 is 20.1 Å². The van der Waals surface area contributed by atoms with E-state index in [9.17, 15) is 9.59 Å². The number of aromatic nitrogens is 1. The summed E-state index contributed by atoms with van der Waals surface area (Å²) in [6.45, 7) is 3.97. The molecule has 1 unspecified atom stereocenters. The van der Waals surface area contributed by atoms with Crippen LogP contribution in [0.25, 0.3) is 10.9 Å². The predicted octanol–water partition coefficient (Wildman–Crippen LogP) is 1.93. The van der Waals surface area contributed by atoms with Crippen LogP contribution < -0.4 is 5.32 Å². The lowest BCUT2D eigenvalue weighted by molar-refractivity contribution is -0.140. The lowest BCUT2D eigenvalue weighted by atomic mass is 10.1. The molecule has 2 aromatic rings. The molecule has 2 rings (SSSR count). The SMILES string of the molecule is CCCCn1c(C(=O)NC(CO)C(=O)O)c(C)c2ccccc21. The van der Waals surface area contributed by atoms with Crippen LogP contribution in [-0.2, 0) is 11.3 Å². The van der Waals surface area contributed by atoms with E-state index in [1.54, 1.807) is 0 Å². The molecule has 0 spiro atoms. The Kier molecular flexibility index (Phi) is 5.39. The Morgan fingerprint density at radius 2 is 2.00 bits per heavy atom.